The van der Waals surface area contributed by atoms with E-state index < -0.39 is 31.0 Å². The Labute approximate surface area is 189 Å². The van der Waals surface area contributed by atoms with E-state index in [4.69, 9.17) is 11.6 Å². The second-order valence-corrected chi connectivity index (χ2v) is 7.98. The highest BCUT2D eigenvalue weighted by molar-refractivity contribution is 6.30. The average molecular weight is 457 g/mol. The van der Waals surface area contributed by atoms with Gasteiger partial charge in [0.25, 0.3) is 5.91 Å². The van der Waals surface area contributed by atoms with Crippen molar-refractivity contribution in [3.63, 3.8) is 0 Å². The molecule has 1 aliphatic rings. The molecular formula is C23H22ClFN4O3. The van der Waals surface area contributed by atoms with Crippen molar-refractivity contribution in [3.05, 3.63) is 70.4 Å². The number of benzene rings is 1. The summed E-state index contributed by atoms with van der Waals surface area (Å²) in [6, 6.07) is 6.97. The first-order valence-electron chi connectivity index (χ1n) is 10.2. The fraction of sp³-hybridized carbons (Fsp3) is 0.261. The number of pyridine rings is 2. The van der Waals surface area contributed by atoms with E-state index >= 15 is 0 Å². The lowest BCUT2D eigenvalue weighted by Crippen LogP contribution is -2.40. The zero-order valence-electron chi connectivity index (χ0n) is 17.1. The lowest BCUT2D eigenvalue weighted by molar-refractivity contribution is 0.0880. The molecule has 7 nitrogen and oxygen atoms in total. The number of nitrogens with zero attached hydrogens (tertiary/aromatic N) is 2. The van der Waals surface area contributed by atoms with Crippen LogP contribution >= 0.6 is 11.6 Å². The van der Waals surface area contributed by atoms with Gasteiger partial charge in [0.1, 0.15) is 5.82 Å². The predicted octanol–water partition coefficient (Wildman–Crippen LogP) is 3.25. The first kappa shape index (κ1) is 22.1. The van der Waals surface area contributed by atoms with Gasteiger partial charge in [-0.15, -0.1) is 0 Å². The number of aromatic nitrogens is 2. The van der Waals surface area contributed by atoms with Gasteiger partial charge < -0.3 is 20.8 Å². The third-order valence-corrected chi connectivity index (χ3v) is 5.60. The second kappa shape index (κ2) is 9.60. The summed E-state index contributed by atoms with van der Waals surface area (Å²) in [6.45, 7) is -0.782. The maximum atomic E-state index is 14.5. The van der Waals surface area contributed by atoms with E-state index in [9.17, 15) is 19.4 Å². The number of nitrogens with one attached hydrogen (secondary N) is 2. The van der Waals surface area contributed by atoms with Gasteiger partial charge in [0.05, 0.1) is 36.2 Å². The number of aliphatic hydroxyl groups excluding tert-OH is 2. The van der Waals surface area contributed by atoms with Crippen molar-refractivity contribution in [2.24, 2.45) is 0 Å². The minimum atomic E-state index is -0.780. The molecule has 3 aromatic rings. The van der Waals surface area contributed by atoms with Crippen LogP contribution in [0.15, 0.2) is 42.7 Å². The Morgan fingerprint density at radius 3 is 2.75 bits per heavy atom. The van der Waals surface area contributed by atoms with E-state index in [-0.39, 0.29) is 5.56 Å². The van der Waals surface area contributed by atoms with Crippen molar-refractivity contribution in [1.82, 2.24) is 15.3 Å². The van der Waals surface area contributed by atoms with Crippen LogP contribution in [0, 0.1) is 5.82 Å². The smallest absolute Gasteiger partial charge is 0.255 e. The predicted molar refractivity (Wildman–Crippen MR) is 120 cm³/mol. The number of anilines is 2. The highest BCUT2D eigenvalue weighted by atomic mass is 35.5. The summed E-state index contributed by atoms with van der Waals surface area (Å²) in [4.78, 5) is 21.4. The molecule has 4 N–H and O–H groups in total. The Morgan fingerprint density at radius 2 is 1.97 bits per heavy atom. The molecule has 4 rings (SSSR count). The van der Waals surface area contributed by atoms with Gasteiger partial charge in [0.15, 0.2) is 0 Å². The second-order valence-electron chi connectivity index (χ2n) is 7.54. The Bertz CT molecular complexity index is 1150. The van der Waals surface area contributed by atoms with Gasteiger partial charge in [0.2, 0.25) is 0 Å². The number of hydrogen-bond donors (Lipinski definition) is 4. The van der Waals surface area contributed by atoms with Gasteiger partial charge in [-0.3, -0.25) is 14.8 Å². The van der Waals surface area contributed by atoms with Crippen LogP contribution < -0.4 is 10.6 Å². The highest BCUT2D eigenvalue weighted by Gasteiger charge is 2.22. The maximum Gasteiger partial charge on any atom is 0.255 e. The van der Waals surface area contributed by atoms with Crippen LogP contribution in [0.4, 0.5) is 15.8 Å². The lowest BCUT2D eigenvalue weighted by Gasteiger charge is -2.18. The minimum absolute atomic E-state index is 0.249. The normalized spacial score (nSPS) is 12.7. The third kappa shape index (κ3) is 4.57. The van der Waals surface area contributed by atoms with E-state index in [0.29, 0.717) is 22.0 Å². The molecule has 2 aromatic heterocycles. The standard InChI is InChI=1S/C23H22ClFN4O3/c24-13-4-5-18(25)16(8-13)22-9-21(15-2-1-3-19(15)28-22)29-20-6-7-26-10-17(20)23(32)27-14(11-30)12-31/h4-10,14,30-31H,1-3,11-12H2,(H,27,32)(H,26,28,29). The number of aliphatic hydroxyl groups is 2. The number of carbonyl (C=O) groups excluding carboxylic acids is 1. The highest BCUT2D eigenvalue weighted by Crippen LogP contribution is 2.35. The zero-order chi connectivity index (χ0) is 22.7. The van der Waals surface area contributed by atoms with Crippen molar-refractivity contribution < 1.29 is 19.4 Å². The van der Waals surface area contributed by atoms with Crippen molar-refractivity contribution in [2.75, 3.05) is 18.5 Å². The summed E-state index contributed by atoms with van der Waals surface area (Å²) in [6.07, 6.45) is 5.47. The summed E-state index contributed by atoms with van der Waals surface area (Å²) in [7, 11) is 0. The largest absolute Gasteiger partial charge is 0.394 e. The molecule has 0 bridgehead atoms. The number of aryl methyl sites for hydroxylation is 1. The average Bonchev–Trinajstić information content (AvgIpc) is 3.28. The van der Waals surface area contributed by atoms with E-state index in [1.54, 1.807) is 24.4 Å². The summed E-state index contributed by atoms with van der Waals surface area (Å²) in [5.74, 6) is -0.908. The van der Waals surface area contributed by atoms with Crippen LogP contribution in [0.1, 0.15) is 28.0 Å². The molecule has 166 valence electrons. The van der Waals surface area contributed by atoms with E-state index in [1.165, 1.54) is 18.3 Å². The molecular weight excluding hydrogens is 435 g/mol. The number of carbonyl (C=O) groups is 1. The van der Waals surface area contributed by atoms with Gasteiger partial charge in [-0.05, 0) is 55.2 Å². The van der Waals surface area contributed by atoms with E-state index in [1.807, 2.05) is 0 Å². The Kier molecular flexibility index (Phi) is 6.64. The molecule has 0 atom stereocenters. The number of hydrogen-bond acceptors (Lipinski definition) is 6. The van der Waals surface area contributed by atoms with Gasteiger partial charge in [-0.1, -0.05) is 11.6 Å². The molecule has 0 aliphatic heterocycles. The van der Waals surface area contributed by atoms with Crippen LogP contribution in [0.3, 0.4) is 0 Å². The van der Waals surface area contributed by atoms with Crippen molar-refractivity contribution in [1.29, 1.82) is 0 Å². The van der Waals surface area contributed by atoms with Crippen LogP contribution in [0.25, 0.3) is 11.3 Å². The Hall–Kier alpha value is -3.07. The summed E-state index contributed by atoms with van der Waals surface area (Å²) in [5, 5.41) is 24.8. The van der Waals surface area contributed by atoms with Crippen LogP contribution in [0.2, 0.25) is 5.02 Å². The van der Waals surface area contributed by atoms with Crippen molar-refractivity contribution in [3.8, 4) is 11.3 Å². The van der Waals surface area contributed by atoms with E-state index in [0.717, 1.165) is 36.2 Å². The fourth-order valence-corrected chi connectivity index (χ4v) is 3.90. The summed E-state index contributed by atoms with van der Waals surface area (Å²) < 4.78 is 14.5. The molecule has 1 aliphatic carbocycles. The minimum Gasteiger partial charge on any atom is -0.394 e. The molecule has 0 spiro atoms. The van der Waals surface area contributed by atoms with Gasteiger partial charge in [0, 0.05) is 34.4 Å². The molecule has 0 radical (unpaired) electrons. The molecule has 0 saturated carbocycles. The molecule has 1 aromatic carbocycles. The topological polar surface area (TPSA) is 107 Å². The van der Waals surface area contributed by atoms with E-state index in [2.05, 4.69) is 20.6 Å². The Balaban J connectivity index is 1.72. The molecule has 0 saturated heterocycles. The van der Waals surface area contributed by atoms with Crippen LogP contribution in [-0.4, -0.2) is 45.3 Å². The Morgan fingerprint density at radius 1 is 1.16 bits per heavy atom. The monoisotopic (exact) mass is 456 g/mol. The molecule has 32 heavy (non-hydrogen) atoms. The molecule has 2 heterocycles. The zero-order valence-corrected chi connectivity index (χ0v) is 17.9. The van der Waals surface area contributed by atoms with Crippen LogP contribution in [-0.2, 0) is 12.8 Å². The molecule has 0 fully saturated rings. The number of rotatable bonds is 7. The maximum absolute atomic E-state index is 14.5. The summed E-state index contributed by atoms with van der Waals surface area (Å²) >= 11 is 6.08. The molecule has 1 amide bonds. The first-order valence-corrected chi connectivity index (χ1v) is 10.6. The third-order valence-electron chi connectivity index (χ3n) is 5.37. The SMILES string of the molecule is O=C(NC(CO)CO)c1cnccc1Nc1cc(-c2cc(Cl)ccc2F)nc2c1CCC2. The first-order chi connectivity index (χ1) is 15.5. The van der Waals surface area contributed by atoms with Gasteiger partial charge in [-0.25, -0.2) is 4.39 Å². The van der Waals surface area contributed by atoms with Crippen molar-refractivity contribution in [2.45, 2.75) is 25.3 Å². The van der Waals surface area contributed by atoms with Crippen molar-refractivity contribution >= 4 is 28.9 Å². The lowest BCUT2D eigenvalue weighted by atomic mass is 10.1. The molecule has 9 heteroatoms. The van der Waals surface area contributed by atoms with Gasteiger partial charge >= 0.3 is 0 Å². The summed E-state index contributed by atoms with van der Waals surface area (Å²) in [5.41, 5.74) is 4.12. The van der Waals surface area contributed by atoms with Crippen LogP contribution in [0.5, 0.6) is 0 Å². The fourth-order valence-electron chi connectivity index (χ4n) is 3.73. The number of amides is 1. The van der Waals surface area contributed by atoms with Gasteiger partial charge in [-0.2, -0.15) is 0 Å². The molecule has 0 unspecified atom stereocenters. The number of fused-ring (bicyclic) bond motifs is 1. The number of halogens is 2. The quantitative estimate of drug-likeness (QED) is 0.434.